The maximum Gasteiger partial charge on any atom is 0.393 e. The van der Waals surface area contributed by atoms with Crippen LogP contribution in [0.1, 0.15) is 52.4 Å². The van der Waals surface area contributed by atoms with E-state index in [1.807, 2.05) is 21.1 Å². The van der Waals surface area contributed by atoms with Gasteiger partial charge in [0.2, 0.25) is 0 Å². The Labute approximate surface area is 165 Å². The minimum absolute atomic E-state index is 0.168. The van der Waals surface area contributed by atoms with Crippen molar-refractivity contribution in [3.05, 3.63) is 0 Å². The molecule has 0 spiro atoms. The molecule has 0 bridgehead atoms. The second-order valence-electron chi connectivity index (χ2n) is 9.17. The number of quaternary nitrogens is 1. The number of halogens is 6. The molecule has 0 aliphatic heterocycles. The largest absolute Gasteiger partial charge is 0.393 e. The summed E-state index contributed by atoms with van der Waals surface area (Å²) < 4.78 is 103. The highest BCUT2D eigenvalue weighted by Crippen LogP contribution is 2.42. The van der Waals surface area contributed by atoms with E-state index in [4.69, 9.17) is 0 Å². The molecule has 0 saturated carbocycles. The molecule has 170 valence electrons. The summed E-state index contributed by atoms with van der Waals surface area (Å²) in [7, 11) is 2.26. The van der Waals surface area contributed by atoms with Crippen molar-refractivity contribution >= 4 is 9.84 Å². The zero-order chi connectivity index (χ0) is 22.4. The second kappa shape index (κ2) is 10.00. The second-order valence-corrected chi connectivity index (χ2v) is 11.5. The predicted molar refractivity (Wildman–Crippen MR) is 98.6 cm³/mol. The number of rotatable bonds is 12. The van der Waals surface area contributed by atoms with Gasteiger partial charge in [-0.15, -0.1) is 0 Å². The molecule has 0 heterocycles. The molecule has 0 aromatic carbocycles. The smallest absolute Gasteiger partial charge is 0.331 e. The fourth-order valence-corrected chi connectivity index (χ4v) is 4.23. The maximum atomic E-state index is 13.2. The van der Waals surface area contributed by atoms with Gasteiger partial charge in [0.1, 0.15) is 9.84 Å². The van der Waals surface area contributed by atoms with Crippen molar-refractivity contribution in [2.45, 2.75) is 64.7 Å². The summed E-state index contributed by atoms with van der Waals surface area (Å²) in [6, 6.07) is 0. The van der Waals surface area contributed by atoms with Crippen LogP contribution in [0.2, 0.25) is 0 Å². The van der Waals surface area contributed by atoms with Crippen LogP contribution >= 0.6 is 0 Å². The predicted octanol–water partition coefficient (Wildman–Crippen LogP) is 5.22. The van der Waals surface area contributed by atoms with E-state index in [0.717, 1.165) is 20.4 Å². The summed E-state index contributed by atoms with van der Waals surface area (Å²) in [6.07, 6.45) is -9.88. The molecular formula is C18H34F6NO2S+. The van der Waals surface area contributed by atoms with E-state index in [9.17, 15) is 34.8 Å². The maximum absolute atomic E-state index is 13.2. The summed E-state index contributed by atoms with van der Waals surface area (Å²) >= 11 is 0. The Kier molecular flexibility index (Phi) is 9.82. The fraction of sp³-hybridized carbons (Fsp3) is 1.00. The Hall–Kier alpha value is -0.510. The zero-order valence-electron chi connectivity index (χ0n) is 17.4. The number of unbranched alkanes of at least 4 members (excludes halogenated alkanes) is 1. The van der Waals surface area contributed by atoms with Crippen molar-refractivity contribution in [3.63, 3.8) is 0 Å². The minimum Gasteiger partial charge on any atom is -0.331 e. The van der Waals surface area contributed by atoms with Crippen LogP contribution in [-0.4, -0.2) is 64.4 Å². The van der Waals surface area contributed by atoms with Crippen LogP contribution in [0.15, 0.2) is 0 Å². The van der Waals surface area contributed by atoms with Crippen LogP contribution in [0.25, 0.3) is 0 Å². The van der Waals surface area contributed by atoms with Gasteiger partial charge in [-0.3, -0.25) is 0 Å². The van der Waals surface area contributed by atoms with Gasteiger partial charge in [0.05, 0.1) is 50.5 Å². The highest BCUT2D eigenvalue weighted by atomic mass is 32.2. The number of hydrogen-bond donors (Lipinski definition) is 0. The van der Waals surface area contributed by atoms with Gasteiger partial charge in [0, 0.05) is 0 Å². The van der Waals surface area contributed by atoms with Crippen LogP contribution in [0.3, 0.4) is 0 Å². The van der Waals surface area contributed by atoms with Gasteiger partial charge in [-0.2, -0.15) is 26.3 Å². The van der Waals surface area contributed by atoms with E-state index in [2.05, 4.69) is 0 Å². The van der Waals surface area contributed by atoms with Crippen molar-refractivity contribution in [2.75, 3.05) is 39.2 Å². The van der Waals surface area contributed by atoms with Crippen LogP contribution in [0.4, 0.5) is 26.3 Å². The third-order valence-electron chi connectivity index (χ3n) is 4.90. The molecule has 0 aromatic heterocycles. The summed E-state index contributed by atoms with van der Waals surface area (Å²) in [6.45, 7) is 2.67. The molecule has 0 aliphatic rings. The molecule has 0 saturated heterocycles. The lowest BCUT2D eigenvalue weighted by atomic mass is 9.84. The lowest BCUT2D eigenvalue weighted by molar-refractivity contribution is -0.870. The van der Waals surface area contributed by atoms with E-state index in [-0.39, 0.29) is 12.2 Å². The average molecular weight is 443 g/mol. The molecule has 0 amide bonds. The van der Waals surface area contributed by atoms with Crippen LogP contribution in [-0.2, 0) is 9.84 Å². The first-order valence-electron chi connectivity index (χ1n) is 9.41. The summed E-state index contributed by atoms with van der Waals surface area (Å²) in [5.41, 5.74) is -2.07. The first kappa shape index (κ1) is 27.5. The first-order chi connectivity index (χ1) is 12.3. The molecule has 28 heavy (non-hydrogen) atoms. The Morgan fingerprint density at radius 3 is 1.79 bits per heavy atom. The molecule has 0 rings (SSSR count). The number of sulfone groups is 1. The molecule has 0 radical (unpaired) electrons. The summed E-state index contributed by atoms with van der Waals surface area (Å²) in [5.74, 6) is -2.67. The third kappa shape index (κ3) is 11.5. The highest BCUT2D eigenvalue weighted by Gasteiger charge is 2.47. The quantitative estimate of drug-likeness (QED) is 0.236. The zero-order valence-corrected chi connectivity index (χ0v) is 18.2. The average Bonchev–Trinajstić information content (AvgIpc) is 2.43. The minimum atomic E-state index is -4.62. The first-order valence-corrected chi connectivity index (χ1v) is 11.2. The topological polar surface area (TPSA) is 34.1 Å². The molecule has 3 nitrogen and oxygen atoms in total. The Bertz CT molecular complexity index is 562. The van der Waals surface area contributed by atoms with E-state index in [0.29, 0.717) is 17.3 Å². The Morgan fingerprint density at radius 1 is 0.821 bits per heavy atom. The third-order valence-corrected chi connectivity index (χ3v) is 6.66. The number of hydrogen-bond acceptors (Lipinski definition) is 2. The van der Waals surface area contributed by atoms with Gasteiger partial charge in [0.15, 0.2) is 0 Å². The van der Waals surface area contributed by atoms with Crippen molar-refractivity contribution in [1.29, 1.82) is 0 Å². The van der Waals surface area contributed by atoms with Crippen molar-refractivity contribution in [2.24, 2.45) is 11.3 Å². The van der Waals surface area contributed by atoms with E-state index in [1.165, 1.54) is 0 Å². The van der Waals surface area contributed by atoms with Gasteiger partial charge in [0.25, 0.3) is 0 Å². The summed E-state index contributed by atoms with van der Waals surface area (Å²) in [5, 5.41) is 0. The standard InChI is InChI=1S/C18H34F6NO2S/c1-16(2,18(22,23)24)11-8-9-15(17(19,20)21)10-14-28(26,27)13-7-6-12-25(3,4)5/h15H,6-14H2,1-5H3/q+1. The van der Waals surface area contributed by atoms with Crippen LogP contribution < -0.4 is 0 Å². The highest BCUT2D eigenvalue weighted by molar-refractivity contribution is 7.91. The fourth-order valence-electron chi connectivity index (χ4n) is 2.74. The van der Waals surface area contributed by atoms with Gasteiger partial charge in [-0.1, -0.05) is 20.3 Å². The lowest BCUT2D eigenvalue weighted by Gasteiger charge is -2.28. The Morgan fingerprint density at radius 2 is 1.36 bits per heavy atom. The van der Waals surface area contributed by atoms with Crippen molar-refractivity contribution in [3.8, 4) is 0 Å². The van der Waals surface area contributed by atoms with Crippen LogP contribution in [0, 0.1) is 11.3 Å². The molecule has 0 aromatic rings. The van der Waals surface area contributed by atoms with Gasteiger partial charge in [-0.25, -0.2) is 8.42 Å². The molecule has 0 fully saturated rings. The van der Waals surface area contributed by atoms with Crippen molar-refractivity contribution < 1.29 is 39.2 Å². The van der Waals surface area contributed by atoms with Crippen molar-refractivity contribution in [1.82, 2.24) is 0 Å². The number of nitrogens with zero attached hydrogens (tertiary/aromatic N) is 1. The summed E-state index contributed by atoms with van der Waals surface area (Å²) in [4.78, 5) is 0. The van der Waals surface area contributed by atoms with E-state index >= 15 is 0 Å². The molecule has 0 aliphatic carbocycles. The van der Waals surface area contributed by atoms with Gasteiger partial charge < -0.3 is 4.48 Å². The van der Waals surface area contributed by atoms with Gasteiger partial charge in [-0.05, 0) is 32.1 Å². The molecule has 0 N–H and O–H groups in total. The monoisotopic (exact) mass is 442 g/mol. The molecule has 1 unspecified atom stereocenters. The molecule has 10 heteroatoms. The Balaban J connectivity index is 4.61. The normalized spacial score (nSPS) is 15.7. The SMILES string of the molecule is CC(C)(CCCC(CCS(=O)(=O)CCCC[N+](C)(C)C)C(F)(F)F)C(F)(F)F. The molecular weight excluding hydrogens is 408 g/mol. The van der Waals surface area contributed by atoms with E-state index in [1.54, 1.807) is 0 Å². The molecule has 1 atom stereocenters. The number of alkyl halides is 6. The van der Waals surface area contributed by atoms with Gasteiger partial charge >= 0.3 is 12.4 Å². The lowest BCUT2D eigenvalue weighted by Crippen LogP contribution is -2.35. The van der Waals surface area contributed by atoms with E-state index < -0.39 is 58.5 Å². The van der Waals surface area contributed by atoms with Crippen LogP contribution in [0.5, 0.6) is 0 Å².